The van der Waals surface area contributed by atoms with Gasteiger partial charge in [-0.15, -0.1) is 21.5 Å². The van der Waals surface area contributed by atoms with E-state index in [1.807, 2.05) is 17.5 Å². The van der Waals surface area contributed by atoms with Crippen molar-refractivity contribution in [2.45, 2.75) is 6.42 Å². The van der Waals surface area contributed by atoms with Gasteiger partial charge >= 0.3 is 0 Å². The van der Waals surface area contributed by atoms with Crippen LogP contribution in [0.25, 0.3) is 16.3 Å². The minimum Gasteiger partial charge on any atom is -0.207 e. The molecule has 0 atom stereocenters. The summed E-state index contributed by atoms with van der Waals surface area (Å²) in [5.41, 5.74) is 1.73. The van der Waals surface area contributed by atoms with Crippen molar-refractivity contribution in [3.05, 3.63) is 65.2 Å². The first-order chi connectivity index (χ1) is 10.8. The van der Waals surface area contributed by atoms with E-state index in [9.17, 15) is 4.39 Å². The van der Waals surface area contributed by atoms with Gasteiger partial charge in [-0.25, -0.2) is 9.37 Å². The molecule has 0 bridgehead atoms. The predicted octanol–water partition coefficient (Wildman–Crippen LogP) is 2.98. The zero-order chi connectivity index (χ0) is 14.9. The Kier molecular flexibility index (Phi) is 3.12. The van der Waals surface area contributed by atoms with Crippen LogP contribution in [0.3, 0.4) is 0 Å². The summed E-state index contributed by atoms with van der Waals surface area (Å²) >= 11 is 1.60. The summed E-state index contributed by atoms with van der Waals surface area (Å²) in [6.07, 6.45) is 2.23. The fourth-order valence-corrected chi connectivity index (χ4v) is 2.86. The van der Waals surface area contributed by atoms with E-state index in [0.29, 0.717) is 18.0 Å². The summed E-state index contributed by atoms with van der Waals surface area (Å²) in [5.74, 6) is 0.880. The maximum Gasteiger partial charge on any atom is 0.272 e. The first kappa shape index (κ1) is 13.0. The second kappa shape index (κ2) is 5.27. The van der Waals surface area contributed by atoms with Crippen LogP contribution >= 0.6 is 11.3 Å². The van der Waals surface area contributed by atoms with Crippen LogP contribution < -0.4 is 0 Å². The zero-order valence-electron chi connectivity index (χ0n) is 11.3. The number of nitrogens with zero attached hydrogens (tertiary/aromatic N) is 5. The van der Waals surface area contributed by atoms with Gasteiger partial charge in [0.25, 0.3) is 5.78 Å². The van der Waals surface area contributed by atoms with Gasteiger partial charge in [-0.1, -0.05) is 18.2 Å². The van der Waals surface area contributed by atoms with Crippen molar-refractivity contribution in [3.8, 4) is 10.6 Å². The Balaban J connectivity index is 1.69. The summed E-state index contributed by atoms with van der Waals surface area (Å²) in [6.45, 7) is 0. The van der Waals surface area contributed by atoms with Crippen molar-refractivity contribution in [1.29, 1.82) is 0 Å². The van der Waals surface area contributed by atoms with Crippen LogP contribution in [0.4, 0.5) is 4.39 Å². The molecular weight excluding hydrogens is 301 g/mol. The number of fused-ring (bicyclic) bond motifs is 1. The third kappa shape index (κ3) is 2.35. The van der Waals surface area contributed by atoms with Crippen LogP contribution in [0.2, 0.25) is 0 Å². The Morgan fingerprint density at radius 1 is 1.09 bits per heavy atom. The number of rotatable bonds is 3. The predicted molar refractivity (Wildman–Crippen MR) is 81.1 cm³/mol. The highest BCUT2D eigenvalue weighted by atomic mass is 32.1. The van der Waals surface area contributed by atoms with Crippen LogP contribution in [0.5, 0.6) is 0 Å². The Labute approximate surface area is 129 Å². The maximum absolute atomic E-state index is 12.9. The molecule has 108 valence electrons. The molecule has 5 nitrogen and oxygen atoms in total. The van der Waals surface area contributed by atoms with E-state index >= 15 is 0 Å². The van der Waals surface area contributed by atoms with Gasteiger partial charge < -0.3 is 0 Å². The lowest BCUT2D eigenvalue weighted by Gasteiger charge is -2.00. The highest BCUT2D eigenvalue weighted by Crippen LogP contribution is 2.22. The van der Waals surface area contributed by atoms with Crippen molar-refractivity contribution < 1.29 is 4.39 Å². The van der Waals surface area contributed by atoms with E-state index < -0.39 is 0 Å². The molecule has 4 aromatic rings. The third-order valence-corrected chi connectivity index (χ3v) is 4.15. The Morgan fingerprint density at radius 2 is 1.95 bits per heavy atom. The molecule has 1 aromatic carbocycles. The SMILES string of the molecule is Fc1ccc(Cc2nnc3nc(-c4cccs4)cnn23)cc1. The monoisotopic (exact) mass is 311 g/mol. The number of benzene rings is 1. The van der Waals surface area contributed by atoms with E-state index in [1.54, 1.807) is 34.2 Å². The highest BCUT2D eigenvalue weighted by molar-refractivity contribution is 7.13. The second-order valence-corrected chi connectivity index (χ2v) is 5.70. The van der Waals surface area contributed by atoms with Crippen LogP contribution in [0.15, 0.2) is 48.0 Å². The van der Waals surface area contributed by atoms with Crippen molar-refractivity contribution in [1.82, 2.24) is 24.8 Å². The molecule has 0 amide bonds. The van der Waals surface area contributed by atoms with Crippen molar-refractivity contribution in [3.63, 3.8) is 0 Å². The third-order valence-electron chi connectivity index (χ3n) is 3.25. The number of hydrogen-bond donors (Lipinski definition) is 0. The van der Waals surface area contributed by atoms with E-state index in [1.165, 1.54) is 12.1 Å². The first-order valence-electron chi connectivity index (χ1n) is 6.65. The Bertz CT molecular complexity index is 915. The minimum atomic E-state index is -0.254. The smallest absolute Gasteiger partial charge is 0.207 e. The molecule has 0 aliphatic carbocycles. The van der Waals surface area contributed by atoms with Crippen LogP contribution in [-0.4, -0.2) is 24.8 Å². The fraction of sp³-hybridized carbons (Fsp3) is 0.0667. The lowest BCUT2D eigenvalue weighted by Crippen LogP contribution is -2.01. The summed E-state index contributed by atoms with van der Waals surface area (Å²) < 4.78 is 14.6. The van der Waals surface area contributed by atoms with Gasteiger partial charge in [0.15, 0.2) is 5.82 Å². The Morgan fingerprint density at radius 3 is 2.73 bits per heavy atom. The van der Waals surface area contributed by atoms with Gasteiger partial charge in [0.05, 0.1) is 11.1 Å². The van der Waals surface area contributed by atoms with Gasteiger partial charge in [-0.3, -0.25) is 0 Å². The lowest BCUT2D eigenvalue weighted by atomic mass is 10.1. The summed E-state index contributed by atoms with van der Waals surface area (Å²) in [7, 11) is 0. The molecule has 0 aliphatic heterocycles. The van der Waals surface area contributed by atoms with Gasteiger partial charge in [0.2, 0.25) is 0 Å². The van der Waals surface area contributed by atoms with Gasteiger partial charge in [0, 0.05) is 6.42 Å². The molecule has 3 heterocycles. The lowest BCUT2D eigenvalue weighted by molar-refractivity contribution is 0.627. The molecule has 4 rings (SSSR count). The van der Waals surface area contributed by atoms with Crippen LogP contribution in [-0.2, 0) is 6.42 Å². The fourth-order valence-electron chi connectivity index (χ4n) is 2.18. The standard InChI is InChI=1S/C15H10FN5S/c16-11-5-3-10(4-6-11)8-14-19-20-15-18-12(9-17-21(14)15)13-2-1-7-22-13/h1-7,9H,8H2. The second-order valence-electron chi connectivity index (χ2n) is 4.75. The topological polar surface area (TPSA) is 56.0 Å². The molecule has 7 heteroatoms. The van der Waals surface area contributed by atoms with Gasteiger partial charge in [-0.05, 0) is 29.1 Å². The number of halogens is 1. The molecule has 0 aliphatic rings. The van der Waals surface area contributed by atoms with E-state index in [0.717, 1.165) is 16.1 Å². The molecule has 3 aromatic heterocycles. The number of thiophene rings is 1. The molecule has 0 saturated heterocycles. The average molecular weight is 311 g/mol. The van der Waals surface area contributed by atoms with Crippen molar-refractivity contribution >= 4 is 17.1 Å². The molecule has 0 N–H and O–H groups in total. The minimum absolute atomic E-state index is 0.254. The van der Waals surface area contributed by atoms with Crippen LogP contribution in [0.1, 0.15) is 11.4 Å². The molecule has 22 heavy (non-hydrogen) atoms. The number of hydrogen-bond acceptors (Lipinski definition) is 5. The summed E-state index contributed by atoms with van der Waals surface area (Å²) in [4.78, 5) is 5.51. The molecule has 0 radical (unpaired) electrons. The van der Waals surface area contributed by atoms with E-state index in [-0.39, 0.29) is 5.82 Å². The molecule has 0 fully saturated rings. The van der Waals surface area contributed by atoms with Gasteiger partial charge in [0.1, 0.15) is 11.5 Å². The largest absolute Gasteiger partial charge is 0.272 e. The Hall–Kier alpha value is -2.67. The van der Waals surface area contributed by atoms with Crippen LogP contribution in [0, 0.1) is 5.82 Å². The van der Waals surface area contributed by atoms with Gasteiger partial charge in [-0.2, -0.15) is 9.61 Å². The van der Waals surface area contributed by atoms with E-state index in [2.05, 4.69) is 20.3 Å². The summed E-state index contributed by atoms with van der Waals surface area (Å²) in [5, 5.41) is 14.6. The molecule has 0 saturated carbocycles. The molecule has 0 unspecified atom stereocenters. The maximum atomic E-state index is 12.9. The van der Waals surface area contributed by atoms with Crippen molar-refractivity contribution in [2.24, 2.45) is 0 Å². The highest BCUT2D eigenvalue weighted by Gasteiger charge is 2.11. The molecular formula is C15H10FN5S. The number of aromatic nitrogens is 5. The van der Waals surface area contributed by atoms with Crippen molar-refractivity contribution in [2.75, 3.05) is 0 Å². The first-order valence-corrected chi connectivity index (χ1v) is 7.53. The van der Waals surface area contributed by atoms with E-state index in [4.69, 9.17) is 0 Å². The zero-order valence-corrected chi connectivity index (χ0v) is 12.2. The summed E-state index contributed by atoms with van der Waals surface area (Å²) in [6, 6.07) is 10.3. The average Bonchev–Trinajstić information content (AvgIpc) is 3.19. The molecule has 0 spiro atoms. The quantitative estimate of drug-likeness (QED) is 0.583. The normalized spacial score (nSPS) is 11.1.